The largest absolute Gasteiger partial charge is 0.490 e. The third-order valence-electron chi connectivity index (χ3n) is 2.58. The summed E-state index contributed by atoms with van der Waals surface area (Å²) in [7, 11) is 0. The maximum Gasteiger partial charge on any atom is 0.223 e. The number of hydrogen-bond donors (Lipinski definition) is 2. The molecule has 0 atom stereocenters. The van der Waals surface area contributed by atoms with E-state index in [0.717, 1.165) is 5.56 Å². The van der Waals surface area contributed by atoms with Crippen LogP contribution in [0, 0.1) is 5.82 Å². The van der Waals surface area contributed by atoms with Gasteiger partial charge in [0.15, 0.2) is 11.6 Å². The van der Waals surface area contributed by atoms with Gasteiger partial charge in [-0.05, 0) is 23.8 Å². The van der Waals surface area contributed by atoms with Crippen molar-refractivity contribution in [3.8, 4) is 5.75 Å². The Labute approximate surface area is 110 Å². The molecule has 2 rings (SSSR count). The molecule has 1 amide bonds. The zero-order valence-corrected chi connectivity index (χ0v) is 10.4. The van der Waals surface area contributed by atoms with Crippen LogP contribution in [-0.4, -0.2) is 17.5 Å². The van der Waals surface area contributed by atoms with E-state index in [1.54, 1.807) is 18.3 Å². The van der Waals surface area contributed by atoms with E-state index in [9.17, 15) is 9.18 Å². The number of benzene rings is 1. The summed E-state index contributed by atoms with van der Waals surface area (Å²) in [5, 5.41) is 2.75. The van der Waals surface area contributed by atoms with E-state index in [1.165, 1.54) is 12.1 Å². The molecule has 0 bridgehead atoms. The second-order valence-corrected chi connectivity index (χ2v) is 4.02. The van der Waals surface area contributed by atoms with Gasteiger partial charge in [0.1, 0.15) is 0 Å². The molecule has 0 saturated carbocycles. The first-order valence-corrected chi connectivity index (χ1v) is 6.01. The van der Waals surface area contributed by atoms with E-state index >= 15 is 0 Å². The number of carbonyl (C=O) groups is 1. The van der Waals surface area contributed by atoms with Crippen LogP contribution < -0.4 is 10.1 Å². The van der Waals surface area contributed by atoms with Crippen molar-refractivity contribution in [1.29, 1.82) is 0 Å². The SMILES string of the molecule is O=C(CCOc1ccccc1F)NCc1cc[nH]c1. The van der Waals surface area contributed by atoms with Crippen molar-refractivity contribution in [3.63, 3.8) is 0 Å². The van der Waals surface area contributed by atoms with Crippen LogP contribution in [0.1, 0.15) is 12.0 Å². The van der Waals surface area contributed by atoms with Crippen LogP contribution in [0.25, 0.3) is 0 Å². The lowest BCUT2D eigenvalue weighted by Crippen LogP contribution is -2.24. The van der Waals surface area contributed by atoms with E-state index in [0.29, 0.717) is 6.54 Å². The van der Waals surface area contributed by atoms with Gasteiger partial charge in [0.25, 0.3) is 0 Å². The Balaban J connectivity index is 1.68. The quantitative estimate of drug-likeness (QED) is 0.838. The third kappa shape index (κ3) is 4.13. The fraction of sp³-hybridized carbons (Fsp3) is 0.214. The smallest absolute Gasteiger partial charge is 0.223 e. The maximum absolute atomic E-state index is 13.2. The highest BCUT2D eigenvalue weighted by Gasteiger charge is 2.04. The molecule has 19 heavy (non-hydrogen) atoms. The molecule has 0 aliphatic rings. The van der Waals surface area contributed by atoms with Gasteiger partial charge in [-0.2, -0.15) is 0 Å². The Morgan fingerprint density at radius 2 is 2.16 bits per heavy atom. The van der Waals surface area contributed by atoms with Gasteiger partial charge in [-0.25, -0.2) is 4.39 Å². The number of para-hydroxylation sites is 1. The molecule has 1 heterocycles. The van der Waals surface area contributed by atoms with Crippen LogP contribution in [0.4, 0.5) is 4.39 Å². The molecule has 5 heteroatoms. The minimum atomic E-state index is -0.421. The molecule has 2 aromatic rings. The number of halogens is 1. The van der Waals surface area contributed by atoms with Gasteiger partial charge < -0.3 is 15.0 Å². The van der Waals surface area contributed by atoms with Crippen molar-refractivity contribution in [2.75, 3.05) is 6.61 Å². The van der Waals surface area contributed by atoms with E-state index < -0.39 is 5.82 Å². The van der Waals surface area contributed by atoms with Gasteiger partial charge in [-0.3, -0.25) is 4.79 Å². The molecule has 0 aliphatic carbocycles. The molecule has 1 aromatic heterocycles. The van der Waals surface area contributed by atoms with Gasteiger partial charge in [0, 0.05) is 18.9 Å². The standard InChI is InChI=1S/C14H15FN2O2/c15-12-3-1-2-4-13(12)19-8-6-14(18)17-10-11-5-7-16-9-11/h1-5,7,9,16H,6,8,10H2,(H,17,18). The highest BCUT2D eigenvalue weighted by atomic mass is 19.1. The summed E-state index contributed by atoms with van der Waals surface area (Å²) in [4.78, 5) is 14.4. The van der Waals surface area contributed by atoms with Gasteiger partial charge in [-0.1, -0.05) is 12.1 Å². The summed E-state index contributed by atoms with van der Waals surface area (Å²) in [6, 6.07) is 8.01. The van der Waals surface area contributed by atoms with E-state index in [2.05, 4.69) is 10.3 Å². The molecule has 1 aromatic carbocycles. The summed E-state index contributed by atoms with van der Waals surface area (Å²) in [6.07, 6.45) is 3.80. The van der Waals surface area contributed by atoms with Crippen LogP contribution >= 0.6 is 0 Å². The van der Waals surface area contributed by atoms with Crippen molar-refractivity contribution in [2.24, 2.45) is 0 Å². The van der Waals surface area contributed by atoms with Crippen LogP contribution in [0.5, 0.6) is 5.75 Å². The minimum Gasteiger partial charge on any atom is -0.490 e. The Morgan fingerprint density at radius 3 is 2.89 bits per heavy atom. The normalized spacial score (nSPS) is 10.2. The van der Waals surface area contributed by atoms with Gasteiger partial charge in [0.2, 0.25) is 5.91 Å². The van der Waals surface area contributed by atoms with Crippen molar-refractivity contribution < 1.29 is 13.9 Å². The molecule has 0 aliphatic heterocycles. The maximum atomic E-state index is 13.2. The Kier molecular flexibility index (Phi) is 4.55. The number of hydrogen-bond acceptors (Lipinski definition) is 2. The second kappa shape index (κ2) is 6.58. The van der Waals surface area contributed by atoms with Crippen LogP contribution in [0.15, 0.2) is 42.7 Å². The average Bonchev–Trinajstić information content (AvgIpc) is 2.92. The fourth-order valence-corrected chi connectivity index (χ4v) is 1.57. The number of ether oxygens (including phenoxy) is 1. The molecule has 100 valence electrons. The predicted octanol–water partition coefficient (Wildman–Crippen LogP) is 2.24. The summed E-state index contributed by atoms with van der Waals surface area (Å²) in [5.41, 5.74) is 1.00. The van der Waals surface area contributed by atoms with Crippen molar-refractivity contribution in [3.05, 3.63) is 54.1 Å². The first-order valence-electron chi connectivity index (χ1n) is 6.01. The van der Waals surface area contributed by atoms with Crippen LogP contribution in [0.3, 0.4) is 0 Å². The minimum absolute atomic E-state index is 0.127. The lowest BCUT2D eigenvalue weighted by Gasteiger charge is -2.07. The number of aromatic nitrogens is 1. The number of amides is 1. The topological polar surface area (TPSA) is 54.1 Å². The molecule has 0 unspecified atom stereocenters. The number of nitrogens with one attached hydrogen (secondary N) is 2. The molecule has 0 radical (unpaired) electrons. The predicted molar refractivity (Wildman–Crippen MR) is 69.2 cm³/mol. The number of aromatic amines is 1. The molecule has 2 N–H and O–H groups in total. The first-order chi connectivity index (χ1) is 9.25. The van der Waals surface area contributed by atoms with E-state index in [1.807, 2.05) is 12.3 Å². The monoisotopic (exact) mass is 262 g/mol. The molecule has 0 saturated heterocycles. The van der Waals surface area contributed by atoms with Crippen LogP contribution in [0.2, 0.25) is 0 Å². The summed E-state index contributed by atoms with van der Waals surface area (Å²) >= 11 is 0. The zero-order valence-electron chi connectivity index (χ0n) is 10.4. The number of rotatable bonds is 6. The van der Waals surface area contributed by atoms with Gasteiger partial charge in [0.05, 0.1) is 13.0 Å². The lowest BCUT2D eigenvalue weighted by molar-refractivity contribution is -0.121. The van der Waals surface area contributed by atoms with E-state index in [-0.39, 0.29) is 24.7 Å². The second-order valence-electron chi connectivity index (χ2n) is 4.02. The average molecular weight is 262 g/mol. The first kappa shape index (κ1) is 13.1. The highest BCUT2D eigenvalue weighted by molar-refractivity contribution is 5.75. The third-order valence-corrected chi connectivity index (χ3v) is 2.58. The summed E-state index contributed by atoms with van der Waals surface area (Å²) < 4.78 is 18.4. The van der Waals surface area contributed by atoms with Gasteiger partial charge >= 0.3 is 0 Å². The number of H-pyrrole nitrogens is 1. The zero-order chi connectivity index (χ0) is 13.5. The molecular formula is C14H15FN2O2. The molecule has 0 fully saturated rings. The van der Waals surface area contributed by atoms with Crippen LogP contribution in [-0.2, 0) is 11.3 Å². The van der Waals surface area contributed by atoms with Gasteiger partial charge in [-0.15, -0.1) is 0 Å². The summed E-state index contributed by atoms with van der Waals surface area (Å²) in [6.45, 7) is 0.627. The van der Waals surface area contributed by atoms with Crippen molar-refractivity contribution in [1.82, 2.24) is 10.3 Å². The van der Waals surface area contributed by atoms with E-state index in [4.69, 9.17) is 4.74 Å². The van der Waals surface area contributed by atoms with Crippen molar-refractivity contribution in [2.45, 2.75) is 13.0 Å². The van der Waals surface area contributed by atoms with Crippen molar-refractivity contribution >= 4 is 5.91 Å². The Bertz CT molecular complexity index is 526. The summed E-state index contributed by atoms with van der Waals surface area (Å²) in [5.74, 6) is -0.381. The highest BCUT2D eigenvalue weighted by Crippen LogP contribution is 2.15. The number of carbonyl (C=O) groups excluding carboxylic acids is 1. The lowest BCUT2D eigenvalue weighted by atomic mass is 10.3. The molecule has 4 nitrogen and oxygen atoms in total. The Morgan fingerprint density at radius 1 is 1.32 bits per heavy atom. The fourth-order valence-electron chi connectivity index (χ4n) is 1.57. The Hall–Kier alpha value is -2.30. The molecular weight excluding hydrogens is 247 g/mol. The molecule has 0 spiro atoms.